The summed E-state index contributed by atoms with van der Waals surface area (Å²) in [5.41, 5.74) is 1.48. The van der Waals surface area contributed by atoms with E-state index >= 15 is 0 Å². The lowest BCUT2D eigenvalue weighted by Gasteiger charge is -2.33. The van der Waals surface area contributed by atoms with Crippen LogP contribution in [0.3, 0.4) is 0 Å². The van der Waals surface area contributed by atoms with Crippen LogP contribution in [0.1, 0.15) is 47.0 Å². The molecule has 2 heterocycles. The fourth-order valence-corrected chi connectivity index (χ4v) is 3.52. The van der Waals surface area contributed by atoms with E-state index in [1.165, 1.54) is 0 Å². The number of hydrogen-bond donors (Lipinski definition) is 1. The molecule has 1 aliphatic heterocycles. The number of carbonyl (C=O) groups is 2. The van der Waals surface area contributed by atoms with Gasteiger partial charge in [-0.1, -0.05) is 23.7 Å². The topological polar surface area (TPSA) is 54.3 Å². The van der Waals surface area contributed by atoms with Crippen LogP contribution in [0.4, 0.5) is 5.69 Å². The Balaban J connectivity index is 1.84. The fourth-order valence-electron chi connectivity index (χ4n) is 3.27. The zero-order valence-corrected chi connectivity index (χ0v) is 15.2. The van der Waals surface area contributed by atoms with E-state index in [0.29, 0.717) is 22.0 Å². The molecule has 1 aromatic heterocycles. The summed E-state index contributed by atoms with van der Waals surface area (Å²) in [4.78, 5) is 27.4. The van der Waals surface area contributed by atoms with Crippen molar-refractivity contribution in [3.63, 3.8) is 0 Å². The monoisotopic (exact) mass is 359 g/mol. The van der Waals surface area contributed by atoms with Crippen molar-refractivity contribution in [1.29, 1.82) is 0 Å². The molecule has 132 valence electrons. The molecular weight excluding hydrogens is 338 g/mol. The van der Waals surface area contributed by atoms with Gasteiger partial charge in [0.05, 0.1) is 16.3 Å². The van der Waals surface area contributed by atoms with Crippen molar-refractivity contribution in [2.24, 2.45) is 7.05 Å². The van der Waals surface area contributed by atoms with E-state index in [2.05, 4.69) is 12.2 Å². The van der Waals surface area contributed by atoms with Crippen molar-refractivity contribution < 1.29 is 9.59 Å². The number of aromatic nitrogens is 1. The van der Waals surface area contributed by atoms with Crippen LogP contribution >= 0.6 is 11.6 Å². The fraction of sp³-hybridized carbons (Fsp3) is 0.368. The average Bonchev–Trinajstić information content (AvgIpc) is 2.94. The number of halogens is 1. The number of likely N-dealkylation sites (tertiary alicyclic amines) is 1. The van der Waals surface area contributed by atoms with E-state index in [1.54, 1.807) is 36.0 Å². The first kappa shape index (κ1) is 17.5. The molecule has 2 amide bonds. The van der Waals surface area contributed by atoms with Gasteiger partial charge in [-0.05, 0) is 44.4 Å². The van der Waals surface area contributed by atoms with Gasteiger partial charge in [0.15, 0.2) is 0 Å². The highest BCUT2D eigenvalue weighted by Crippen LogP contribution is 2.24. The Hall–Kier alpha value is -2.27. The average molecular weight is 360 g/mol. The first-order chi connectivity index (χ1) is 12.0. The molecule has 0 aliphatic carbocycles. The Labute approximate surface area is 152 Å². The smallest absolute Gasteiger partial charge is 0.272 e. The van der Waals surface area contributed by atoms with E-state index < -0.39 is 0 Å². The molecule has 1 saturated heterocycles. The van der Waals surface area contributed by atoms with Crippen molar-refractivity contribution in [3.05, 3.63) is 52.8 Å². The van der Waals surface area contributed by atoms with Gasteiger partial charge in [-0.3, -0.25) is 9.59 Å². The largest absolute Gasteiger partial charge is 0.345 e. The van der Waals surface area contributed by atoms with Gasteiger partial charge in [-0.25, -0.2) is 0 Å². The molecule has 6 heteroatoms. The van der Waals surface area contributed by atoms with Crippen LogP contribution in [0.25, 0.3) is 0 Å². The van der Waals surface area contributed by atoms with Crippen LogP contribution < -0.4 is 5.32 Å². The minimum atomic E-state index is -0.290. The van der Waals surface area contributed by atoms with Crippen molar-refractivity contribution in [2.45, 2.75) is 32.2 Å². The summed E-state index contributed by atoms with van der Waals surface area (Å²) < 4.78 is 1.66. The van der Waals surface area contributed by atoms with Gasteiger partial charge in [-0.2, -0.15) is 0 Å². The number of nitrogens with one attached hydrogen (secondary N) is 1. The summed E-state index contributed by atoms with van der Waals surface area (Å²) in [5.74, 6) is -0.325. The number of anilines is 1. The maximum atomic E-state index is 13.0. The summed E-state index contributed by atoms with van der Waals surface area (Å²) >= 11 is 5.95. The molecule has 2 aromatic rings. The lowest BCUT2D eigenvalue weighted by Crippen LogP contribution is -2.42. The van der Waals surface area contributed by atoms with Gasteiger partial charge >= 0.3 is 0 Å². The molecule has 1 unspecified atom stereocenters. The standard InChI is InChI=1S/C19H22ClN3O2/c1-13-7-5-6-10-23(13)19(25)15-8-3-4-9-16(15)21-18(24)17-11-14(20)12-22(17)2/h3-4,8-9,11-13H,5-7,10H2,1-2H3,(H,21,24). The molecular formula is C19H22ClN3O2. The highest BCUT2D eigenvalue weighted by Gasteiger charge is 2.26. The number of carbonyl (C=O) groups excluding carboxylic acids is 2. The first-order valence-corrected chi connectivity index (χ1v) is 8.88. The molecule has 0 saturated carbocycles. The van der Waals surface area contributed by atoms with Crippen LogP contribution in [-0.2, 0) is 7.05 Å². The molecule has 25 heavy (non-hydrogen) atoms. The number of amides is 2. The van der Waals surface area contributed by atoms with Crippen molar-refractivity contribution >= 4 is 29.1 Å². The number of aryl methyl sites for hydroxylation is 1. The Bertz CT molecular complexity index is 800. The molecule has 3 rings (SSSR count). The molecule has 0 bridgehead atoms. The van der Waals surface area contributed by atoms with E-state index in [4.69, 9.17) is 11.6 Å². The van der Waals surface area contributed by atoms with Gasteiger partial charge in [0.2, 0.25) is 0 Å². The first-order valence-electron chi connectivity index (χ1n) is 8.50. The SMILES string of the molecule is CC1CCCCN1C(=O)c1ccccc1NC(=O)c1cc(Cl)cn1C. The summed E-state index contributed by atoms with van der Waals surface area (Å²) in [6.07, 6.45) is 4.86. The summed E-state index contributed by atoms with van der Waals surface area (Å²) in [6.45, 7) is 2.83. The van der Waals surface area contributed by atoms with Crippen LogP contribution in [0, 0.1) is 0 Å². The predicted octanol–water partition coefficient (Wildman–Crippen LogP) is 3.95. The molecule has 5 nitrogen and oxygen atoms in total. The Morgan fingerprint density at radius 1 is 1.24 bits per heavy atom. The Morgan fingerprint density at radius 3 is 2.68 bits per heavy atom. The number of para-hydroxylation sites is 1. The number of rotatable bonds is 3. The zero-order chi connectivity index (χ0) is 18.0. The highest BCUT2D eigenvalue weighted by molar-refractivity contribution is 6.31. The second-order valence-electron chi connectivity index (χ2n) is 6.50. The number of nitrogens with zero attached hydrogens (tertiary/aromatic N) is 2. The molecule has 0 radical (unpaired) electrons. The second-order valence-corrected chi connectivity index (χ2v) is 6.93. The lowest BCUT2D eigenvalue weighted by atomic mass is 10.0. The highest BCUT2D eigenvalue weighted by atomic mass is 35.5. The predicted molar refractivity (Wildman–Crippen MR) is 99.2 cm³/mol. The molecule has 1 fully saturated rings. The maximum absolute atomic E-state index is 13.0. The normalized spacial score (nSPS) is 17.4. The number of piperidine rings is 1. The van der Waals surface area contributed by atoms with Gasteiger partial charge in [-0.15, -0.1) is 0 Å². The van der Waals surface area contributed by atoms with Gasteiger partial charge in [0, 0.05) is 25.8 Å². The van der Waals surface area contributed by atoms with Gasteiger partial charge < -0.3 is 14.8 Å². The number of benzene rings is 1. The third-order valence-electron chi connectivity index (χ3n) is 4.67. The summed E-state index contributed by atoms with van der Waals surface area (Å²) in [5, 5.41) is 3.35. The molecule has 1 aliphatic rings. The minimum absolute atomic E-state index is 0.0342. The summed E-state index contributed by atoms with van der Waals surface area (Å²) in [7, 11) is 1.76. The van der Waals surface area contributed by atoms with Gasteiger partial charge in [0.25, 0.3) is 11.8 Å². The molecule has 0 spiro atoms. The summed E-state index contributed by atoms with van der Waals surface area (Å²) in [6, 6.07) is 8.97. The second kappa shape index (κ2) is 7.31. The quantitative estimate of drug-likeness (QED) is 0.902. The van der Waals surface area contributed by atoms with Crippen LogP contribution in [-0.4, -0.2) is 33.9 Å². The molecule has 1 N–H and O–H groups in total. The van der Waals surface area contributed by atoms with Crippen LogP contribution in [0.2, 0.25) is 5.02 Å². The lowest BCUT2D eigenvalue weighted by molar-refractivity contribution is 0.0636. The van der Waals surface area contributed by atoms with E-state index in [1.807, 2.05) is 17.0 Å². The molecule has 1 aromatic carbocycles. The van der Waals surface area contributed by atoms with Crippen molar-refractivity contribution in [1.82, 2.24) is 9.47 Å². The Morgan fingerprint density at radius 2 is 2.00 bits per heavy atom. The van der Waals surface area contributed by atoms with Crippen LogP contribution in [0.5, 0.6) is 0 Å². The molecule has 1 atom stereocenters. The third-order valence-corrected chi connectivity index (χ3v) is 4.88. The van der Waals surface area contributed by atoms with Gasteiger partial charge in [0.1, 0.15) is 5.69 Å². The van der Waals surface area contributed by atoms with Crippen LogP contribution in [0.15, 0.2) is 36.5 Å². The van der Waals surface area contributed by atoms with Crippen molar-refractivity contribution in [2.75, 3.05) is 11.9 Å². The zero-order valence-electron chi connectivity index (χ0n) is 14.5. The third kappa shape index (κ3) is 3.71. The minimum Gasteiger partial charge on any atom is -0.345 e. The Kier molecular flexibility index (Phi) is 5.13. The van der Waals surface area contributed by atoms with E-state index in [9.17, 15) is 9.59 Å². The van der Waals surface area contributed by atoms with E-state index in [-0.39, 0.29) is 17.9 Å². The van der Waals surface area contributed by atoms with Crippen molar-refractivity contribution in [3.8, 4) is 0 Å². The number of hydrogen-bond acceptors (Lipinski definition) is 2. The maximum Gasteiger partial charge on any atom is 0.272 e. The van der Waals surface area contributed by atoms with E-state index in [0.717, 1.165) is 25.8 Å².